The second kappa shape index (κ2) is 23.5. The maximum atomic E-state index is 13.5. The largest absolute Gasteiger partial charge is 0.444 e. The molecular formula is C61H61F2N13O5. The Balaban J connectivity index is 0.000000205. The molecule has 5 aromatic carbocycles. The highest BCUT2D eigenvalue weighted by Gasteiger charge is 2.48. The van der Waals surface area contributed by atoms with Gasteiger partial charge < -0.3 is 30.1 Å². The van der Waals surface area contributed by atoms with Crippen LogP contribution >= 0.6 is 0 Å². The Kier molecular flexibility index (Phi) is 16.4. The van der Waals surface area contributed by atoms with Gasteiger partial charge in [0.05, 0.1) is 48.7 Å². The normalized spacial score (nSPS) is 18.6. The lowest BCUT2D eigenvalue weighted by Gasteiger charge is -2.36. The molecule has 414 valence electrons. The van der Waals surface area contributed by atoms with Gasteiger partial charge >= 0.3 is 6.09 Å². The number of H-pyrrole nitrogens is 1. The van der Waals surface area contributed by atoms with E-state index in [0.717, 1.165) is 50.1 Å². The molecular weight excluding hydrogens is 1030 g/mol. The predicted octanol–water partition coefficient (Wildman–Crippen LogP) is 9.23. The minimum absolute atomic E-state index is 0. The number of nitrogens with zero attached hydrogens (tertiary/aromatic N) is 10. The number of likely N-dealkylation sites (tertiary alicyclic amines) is 2. The number of ether oxygens (including phenoxy) is 1. The van der Waals surface area contributed by atoms with E-state index in [1.807, 2.05) is 34.1 Å². The van der Waals surface area contributed by atoms with Gasteiger partial charge in [-0.25, -0.2) is 23.5 Å². The van der Waals surface area contributed by atoms with E-state index in [0.29, 0.717) is 68.6 Å². The number of amides is 4. The third-order valence-electron chi connectivity index (χ3n) is 14.7. The number of anilines is 3. The lowest BCUT2D eigenvalue weighted by Crippen LogP contribution is -2.51. The maximum Gasteiger partial charge on any atom is 0.410 e. The molecule has 2 atom stereocenters. The number of carbonyl (C=O) groups is 4. The molecule has 3 fully saturated rings. The first-order valence-corrected chi connectivity index (χ1v) is 26.2. The molecule has 4 aliphatic heterocycles. The number of hydrogen-bond donors (Lipinski definition) is 3. The maximum absolute atomic E-state index is 13.5. The monoisotopic (exact) mass is 1090 g/mol. The minimum Gasteiger partial charge on any atom is -0.444 e. The predicted molar refractivity (Wildman–Crippen MR) is 303 cm³/mol. The zero-order valence-corrected chi connectivity index (χ0v) is 44.4. The van der Waals surface area contributed by atoms with Crippen LogP contribution in [0.4, 0.5) is 30.6 Å². The molecule has 3 saturated heterocycles. The summed E-state index contributed by atoms with van der Waals surface area (Å²) in [6.07, 6.45) is 3.46. The number of aliphatic imine (C=N–C) groups is 1. The van der Waals surface area contributed by atoms with Crippen LogP contribution in [0, 0.1) is 45.1 Å². The molecule has 2 unspecified atom stereocenters. The van der Waals surface area contributed by atoms with Crippen molar-refractivity contribution in [2.45, 2.75) is 53.2 Å². The molecule has 4 amide bonds. The summed E-state index contributed by atoms with van der Waals surface area (Å²) in [5.74, 6) is -0.849. The number of benzene rings is 5. The number of hydrogen-bond acceptors (Lipinski definition) is 13. The highest BCUT2D eigenvalue weighted by atomic mass is 19.1. The average molecular weight is 1090 g/mol. The van der Waals surface area contributed by atoms with Crippen LogP contribution in [0.3, 0.4) is 0 Å². The standard InChI is InChI=1S/C35H32FN9O2.C25H25FN4O3.CH4/c36-26-6-2-24(3-7-26)32-29-20-27(8-11-30(29)41-42-32)40-34(47)35(22-37)12-15-43(23-35)21-31(46)45-18-16-44(17-19-45)28-9-4-25(5-10-28)33-38-13-1-14-39-33;1-24(2,3)33-23(32)30-11-10-25(14-27,15-30)22(31)29-19-9-6-17-13-28-21(20(17)12-19)16-4-7-18(26)8-5-16;/h1-11,13-14,20H,12,15-19,21,23H2,(H,40,47)(H,41,42);4-9,12H,10-11,13,15H2,1-3H3,(H,29,31);1H4. The first-order valence-electron chi connectivity index (χ1n) is 26.2. The van der Waals surface area contributed by atoms with Crippen molar-refractivity contribution in [3.05, 3.63) is 156 Å². The van der Waals surface area contributed by atoms with E-state index in [1.165, 1.54) is 29.2 Å². The summed E-state index contributed by atoms with van der Waals surface area (Å²) < 4.78 is 32.1. The van der Waals surface area contributed by atoms with E-state index < -0.39 is 34.3 Å². The Morgan fingerprint density at radius 1 is 0.704 bits per heavy atom. The van der Waals surface area contributed by atoms with Gasteiger partial charge in [0.25, 0.3) is 0 Å². The van der Waals surface area contributed by atoms with E-state index in [-0.39, 0.29) is 57.6 Å². The summed E-state index contributed by atoms with van der Waals surface area (Å²) >= 11 is 0. The molecule has 18 nitrogen and oxygen atoms in total. The Labute approximate surface area is 468 Å². The Morgan fingerprint density at radius 2 is 1.30 bits per heavy atom. The highest BCUT2D eigenvalue weighted by Crippen LogP contribution is 2.36. The zero-order valence-electron chi connectivity index (χ0n) is 44.4. The van der Waals surface area contributed by atoms with Crippen molar-refractivity contribution in [3.63, 3.8) is 0 Å². The Bertz CT molecular complexity index is 3590. The van der Waals surface area contributed by atoms with Crippen LogP contribution in [0.25, 0.3) is 33.5 Å². The number of fused-ring (bicyclic) bond motifs is 2. The first kappa shape index (κ1) is 56.3. The number of carbonyl (C=O) groups excluding carboxylic acids is 4. The molecule has 81 heavy (non-hydrogen) atoms. The Hall–Kier alpha value is -9.40. The van der Waals surface area contributed by atoms with E-state index in [1.54, 1.807) is 87.8 Å². The van der Waals surface area contributed by atoms with Crippen molar-refractivity contribution in [3.8, 4) is 34.8 Å². The second-order valence-corrected chi connectivity index (χ2v) is 21.3. The van der Waals surface area contributed by atoms with E-state index in [4.69, 9.17) is 4.74 Å². The number of rotatable bonds is 10. The van der Waals surface area contributed by atoms with Gasteiger partial charge in [0, 0.05) is 103 Å². The molecule has 20 heteroatoms. The van der Waals surface area contributed by atoms with Crippen LogP contribution in [0.5, 0.6) is 0 Å². The molecule has 11 rings (SSSR count). The van der Waals surface area contributed by atoms with E-state index >= 15 is 0 Å². The molecule has 0 bridgehead atoms. The number of halogens is 2. The summed E-state index contributed by atoms with van der Waals surface area (Å²) in [5.41, 5.74) is 5.30. The zero-order chi connectivity index (χ0) is 56.2. The van der Waals surface area contributed by atoms with E-state index in [2.05, 4.69) is 65.0 Å². The molecule has 6 heterocycles. The molecule has 2 aromatic heterocycles. The number of aromatic amines is 1. The summed E-state index contributed by atoms with van der Waals surface area (Å²) in [5, 5.41) is 33.8. The van der Waals surface area contributed by atoms with Crippen molar-refractivity contribution in [1.82, 2.24) is 34.9 Å². The van der Waals surface area contributed by atoms with Gasteiger partial charge in [0.2, 0.25) is 17.7 Å². The van der Waals surface area contributed by atoms with Gasteiger partial charge in [0.15, 0.2) is 11.2 Å². The fourth-order valence-electron chi connectivity index (χ4n) is 10.3. The third kappa shape index (κ3) is 12.4. The first-order chi connectivity index (χ1) is 38.5. The van der Waals surface area contributed by atoms with Gasteiger partial charge in [-0.2, -0.15) is 15.6 Å². The Morgan fingerprint density at radius 3 is 1.94 bits per heavy atom. The van der Waals surface area contributed by atoms with Crippen LogP contribution in [-0.4, -0.2) is 129 Å². The number of nitrogens with one attached hydrogen (secondary N) is 3. The van der Waals surface area contributed by atoms with Crippen LogP contribution < -0.4 is 15.5 Å². The van der Waals surface area contributed by atoms with Crippen LogP contribution in [0.1, 0.15) is 57.7 Å². The quantitative estimate of drug-likeness (QED) is 0.116. The van der Waals surface area contributed by atoms with Crippen LogP contribution in [-0.2, 0) is 25.7 Å². The molecule has 0 saturated carbocycles. The minimum atomic E-state index is -1.36. The fraction of sp³-hybridized carbons (Fsp3) is 0.311. The SMILES string of the molecule is C.CC(C)(C)OC(=O)N1CCC(C#N)(C(=O)Nc2ccc3c(c2)C(c2ccc(F)cc2)=NC3)C1.N#CC1(C(=O)Nc2ccc3[nH]nc(-c4ccc(F)cc4)c3c2)CCN(CC(=O)N2CCN(c3ccc(-c4ncccn4)cc3)CC2)C1. The van der Waals surface area contributed by atoms with Gasteiger partial charge in [0.1, 0.15) is 22.7 Å². The molecule has 0 radical (unpaired) electrons. The van der Waals surface area contributed by atoms with Crippen molar-refractivity contribution < 1.29 is 32.7 Å². The van der Waals surface area contributed by atoms with Crippen molar-refractivity contribution in [2.24, 2.45) is 15.8 Å². The lowest BCUT2D eigenvalue weighted by molar-refractivity contribution is -0.133. The molecule has 3 N–H and O–H groups in total. The van der Waals surface area contributed by atoms with Crippen molar-refractivity contribution in [2.75, 3.05) is 74.4 Å². The molecule has 7 aromatic rings. The topological polar surface area (TPSA) is 229 Å². The van der Waals surface area contributed by atoms with Crippen LogP contribution in [0.2, 0.25) is 0 Å². The fourth-order valence-corrected chi connectivity index (χ4v) is 10.3. The molecule has 0 spiro atoms. The summed E-state index contributed by atoms with van der Waals surface area (Å²) in [4.78, 5) is 72.9. The number of nitriles is 2. The number of piperazine rings is 1. The summed E-state index contributed by atoms with van der Waals surface area (Å²) in [6.45, 7) is 9.45. The number of aromatic nitrogens is 4. The highest BCUT2D eigenvalue weighted by molar-refractivity contribution is 6.16. The summed E-state index contributed by atoms with van der Waals surface area (Å²) in [6, 6.07) is 37.2. The lowest BCUT2D eigenvalue weighted by atomic mass is 9.87. The summed E-state index contributed by atoms with van der Waals surface area (Å²) in [7, 11) is 0. The molecule has 4 aliphatic rings. The third-order valence-corrected chi connectivity index (χ3v) is 14.7. The van der Waals surface area contributed by atoms with Crippen molar-refractivity contribution >= 4 is 57.5 Å². The smallest absolute Gasteiger partial charge is 0.410 e. The average Bonchev–Trinajstić information content (AvgIpc) is 4.52. The van der Waals surface area contributed by atoms with Gasteiger partial charge in [-0.1, -0.05) is 13.5 Å². The second-order valence-electron chi connectivity index (χ2n) is 21.3. The van der Waals surface area contributed by atoms with Crippen LogP contribution in [0.15, 0.2) is 133 Å². The van der Waals surface area contributed by atoms with E-state index in [9.17, 15) is 38.5 Å². The van der Waals surface area contributed by atoms with Crippen molar-refractivity contribution in [1.29, 1.82) is 10.5 Å². The molecule has 0 aliphatic carbocycles. The van der Waals surface area contributed by atoms with Gasteiger partial charge in [-0.3, -0.25) is 29.4 Å². The van der Waals surface area contributed by atoms with Gasteiger partial charge in [-0.05, 0) is 148 Å². The van der Waals surface area contributed by atoms with Gasteiger partial charge in [-0.15, -0.1) is 0 Å².